The van der Waals surface area contributed by atoms with Gasteiger partial charge in [0.25, 0.3) is 0 Å². The zero-order chi connectivity index (χ0) is 14.0. The highest BCUT2D eigenvalue weighted by atomic mass is 35.5. The van der Waals surface area contributed by atoms with Crippen molar-refractivity contribution in [1.29, 1.82) is 0 Å². The number of piperazine rings is 1. The summed E-state index contributed by atoms with van der Waals surface area (Å²) in [6, 6.07) is 0. The number of piperidine rings is 1. The molecule has 1 aliphatic carbocycles. The predicted octanol–water partition coefficient (Wildman–Crippen LogP) is 1.01. The van der Waals surface area contributed by atoms with Crippen molar-refractivity contribution in [1.82, 2.24) is 15.1 Å². The molecule has 7 heteroatoms. The standard InChI is InChI=1S/C15H27N3O2.2ClH/c1-20-11-10-17-6-8-18(9-7-17)14(19)13-12-15(13)2-4-16-5-3-15;;/h13,16H,2-12H2,1H3;2*1H. The molecule has 3 rings (SSSR count). The highest BCUT2D eigenvalue weighted by Gasteiger charge is 2.58. The van der Waals surface area contributed by atoms with E-state index in [0.717, 1.165) is 58.8 Å². The van der Waals surface area contributed by atoms with E-state index in [1.54, 1.807) is 7.11 Å². The van der Waals surface area contributed by atoms with Gasteiger partial charge in [0, 0.05) is 45.8 Å². The number of carbonyl (C=O) groups is 1. The van der Waals surface area contributed by atoms with Crippen LogP contribution in [0.4, 0.5) is 0 Å². The van der Waals surface area contributed by atoms with E-state index >= 15 is 0 Å². The average molecular weight is 354 g/mol. The Bertz CT molecular complexity index is 357. The molecule has 1 amide bonds. The van der Waals surface area contributed by atoms with E-state index in [0.29, 0.717) is 17.2 Å². The maximum Gasteiger partial charge on any atom is 0.226 e. The van der Waals surface area contributed by atoms with Gasteiger partial charge < -0.3 is 15.0 Å². The summed E-state index contributed by atoms with van der Waals surface area (Å²) in [6.45, 7) is 7.74. The Hall–Kier alpha value is -0.0700. The number of hydrogen-bond donors (Lipinski definition) is 1. The van der Waals surface area contributed by atoms with Gasteiger partial charge in [0.05, 0.1) is 6.61 Å². The van der Waals surface area contributed by atoms with Gasteiger partial charge in [0.15, 0.2) is 0 Å². The highest BCUT2D eigenvalue weighted by molar-refractivity contribution is 5.85. The molecule has 2 heterocycles. The lowest BCUT2D eigenvalue weighted by molar-refractivity contribution is -0.135. The summed E-state index contributed by atoms with van der Waals surface area (Å²) in [5.74, 6) is 0.758. The SMILES string of the molecule is COCCN1CCN(C(=O)C2CC23CCNCC3)CC1.Cl.Cl. The fraction of sp³-hybridized carbons (Fsp3) is 0.933. The second-order valence-corrected chi connectivity index (χ2v) is 6.53. The first kappa shape index (κ1) is 20.0. The van der Waals surface area contributed by atoms with Crippen LogP contribution in [0, 0.1) is 11.3 Å². The minimum absolute atomic E-state index is 0. The molecule has 1 unspecified atom stereocenters. The first-order valence-corrected chi connectivity index (χ1v) is 7.96. The zero-order valence-corrected chi connectivity index (χ0v) is 15.0. The van der Waals surface area contributed by atoms with E-state index in [-0.39, 0.29) is 24.8 Å². The lowest BCUT2D eigenvalue weighted by Crippen LogP contribution is -2.50. The largest absolute Gasteiger partial charge is 0.383 e. The third-order valence-corrected chi connectivity index (χ3v) is 5.38. The number of halogens is 2. The summed E-state index contributed by atoms with van der Waals surface area (Å²) >= 11 is 0. The van der Waals surface area contributed by atoms with E-state index < -0.39 is 0 Å². The van der Waals surface area contributed by atoms with E-state index in [9.17, 15) is 4.79 Å². The summed E-state index contributed by atoms with van der Waals surface area (Å²) in [6.07, 6.45) is 3.52. The van der Waals surface area contributed by atoms with Gasteiger partial charge in [0.1, 0.15) is 0 Å². The fourth-order valence-electron chi connectivity index (χ4n) is 3.81. The summed E-state index contributed by atoms with van der Waals surface area (Å²) in [5, 5.41) is 3.40. The van der Waals surface area contributed by atoms with Crippen molar-refractivity contribution in [3.05, 3.63) is 0 Å². The van der Waals surface area contributed by atoms with E-state index in [4.69, 9.17) is 4.74 Å². The quantitative estimate of drug-likeness (QED) is 0.819. The third-order valence-electron chi connectivity index (χ3n) is 5.38. The second-order valence-electron chi connectivity index (χ2n) is 6.53. The van der Waals surface area contributed by atoms with Crippen LogP contribution in [0.2, 0.25) is 0 Å². The van der Waals surface area contributed by atoms with Crippen molar-refractivity contribution in [2.75, 3.05) is 59.5 Å². The van der Waals surface area contributed by atoms with Crippen LogP contribution in [0.15, 0.2) is 0 Å². The minimum Gasteiger partial charge on any atom is -0.383 e. The van der Waals surface area contributed by atoms with Gasteiger partial charge in [-0.15, -0.1) is 24.8 Å². The molecule has 0 radical (unpaired) electrons. The predicted molar refractivity (Wildman–Crippen MR) is 92.0 cm³/mol. The molecule has 3 fully saturated rings. The summed E-state index contributed by atoms with van der Waals surface area (Å²) in [7, 11) is 1.74. The Morgan fingerprint density at radius 2 is 1.82 bits per heavy atom. The monoisotopic (exact) mass is 353 g/mol. The van der Waals surface area contributed by atoms with Gasteiger partial charge in [0.2, 0.25) is 5.91 Å². The molecule has 1 N–H and O–H groups in total. The summed E-state index contributed by atoms with van der Waals surface area (Å²) < 4.78 is 5.11. The Kier molecular flexibility index (Phi) is 7.89. The number of nitrogens with zero attached hydrogens (tertiary/aromatic N) is 2. The lowest BCUT2D eigenvalue weighted by atomic mass is 9.91. The number of methoxy groups -OCH3 is 1. The molecule has 1 saturated carbocycles. The molecule has 22 heavy (non-hydrogen) atoms. The van der Waals surface area contributed by atoms with Crippen LogP contribution in [-0.4, -0.2) is 75.2 Å². The first-order valence-electron chi connectivity index (χ1n) is 7.96. The second kappa shape index (κ2) is 8.69. The van der Waals surface area contributed by atoms with Crippen LogP contribution in [0.5, 0.6) is 0 Å². The zero-order valence-electron chi connectivity index (χ0n) is 13.4. The first-order chi connectivity index (χ1) is 9.75. The van der Waals surface area contributed by atoms with Crippen LogP contribution in [0.25, 0.3) is 0 Å². The maximum atomic E-state index is 12.6. The van der Waals surface area contributed by atoms with Crippen molar-refractivity contribution < 1.29 is 9.53 Å². The Morgan fingerprint density at radius 3 is 2.41 bits per heavy atom. The van der Waals surface area contributed by atoms with Crippen molar-refractivity contribution in [3.8, 4) is 0 Å². The smallest absolute Gasteiger partial charge is 0.226 e. The van der Waals surface area contributed by atoms with E-state index in [1.165, 1.54) is 12.8 Å². The molecule has 3 aliphatic rings. The van der Waals surface area contributed by atoms with Crippen LogP contribution in [-0.2, 0) is 9.53 Å². The normalized spacial score (nSPS) is 27.0. The van der Waals surface area contributed by atoms with Gasteiger partial charge in [-0.1, -0.05) is 0 Å². The average Bonchev–Trinajstić information content (AvgIpc) is 3.19. The molecule has 0 aromatic heterocycles. The van der Waals surface area contributed by atoms with Crippen molar-refractivity contribution in [3.63, 3.8) is 0 Å². The molecule has 1 atom stereocenters. The van der Waals surface area contributed by atoms with Gasteiger partial charge in [-0.3, -0.25) is 9.69 Å². The summed E-state index contributed by atoms with van der Waals surface area (Å²) in [4.78, 5) is 17.1. The van der Waals surface area contributed by atoms with Gasteiger partial charge in [-0.05, 0) is 37.8 Å². The number of ether oxygens (including phenoxy) is 1. The number of amides is 1. The van der Waals surface area contributed by atoms with Crippen molar-refractivity contribution in [2.24, 2.45) is 11.3 Å². The molecule has 2 aliphatic heterocycles. The van der Waals surface area contributed by atoms with Crippen molar-refractivity contribution >= 4 is 30.7 Å². The van der Waals surface area contributed by atoms with Gasteiger partial charge in [-0.25, -0.2) is 0 Å². The molecular formula is C15H29Cl2N3O2. The Balaban J connectivity index is 0.00000121. The molecule has 1 spiro atoms. The third kappa shape index (κ3) is 4.26. The Morgan fingerprint density at radius 1 is 1.18 bits per heavy atom. The lowest BCUT2D eigenvalue weighted by Gasteiger charge is -2.35. The number of hydrogen-bond acceptors (Lipinski definition) is 4. The van der Waals surface area contributed by atoms with Gasteiger partial charge in [-0.2, -0.15) is 0 Å². The molecule has 130 valence electrons. The highest BCUT2D eigenvalue weighted by Crippen LogP contribution is 2.59. The molecule has 0 aromatic carbocycles. The van der Waals surface area contributed by atoms with Crippen LogP contribution >= 0.6 is 24.8 Å². The summed E-state index contributed by atoms with van der Waals surface area (Å²) in [5.41, 5.74) is 0.371. The molecule has 0 aromatic rings. The topological polar surface area (TPSA) is 44.8 Å². The van der Waals surface area contributed by atoms with E-state index in [1.807, 2.05) is 0 Å². The van der Waals surface area contributed by atoms with Crippen molar-refractivity contribution in [2.45, 2.75) is 19.3 Å². The fourth-order valence-corrected chi connectivity index (χ4v) is 3.81. The number of carbonyl (C=O) groups excluding carboxylic acids is 1. The maximum absolute atomic E-state index is 12.6. The van der Waals surface area contributed by atoms with Crippen LogP contribution in [0.1, 0.15) is 19.3 Å². The minimum atomic E-state index is 0. The number of rotatable bonds is 4. The van der Waals surface area contributed by atoms with Gasteiger partial charge >= 0.3 is 0 Å². The molecule has 2 saturated heterocycles. The molecule has 5 nitrogen and oxygen atoms in total. The van der Waals surface area contributed by atoms with Crippen LogP contribution < -0.4 is 5.32 Å². The molecule has 0 bridgehead atoms. The molecular weight excluding hydrogens is 325 g/mol. The van der Waals surface area contributed by atoms with E-state index in [2.05, 4.69) is 15.1 Å². The Labute approximate surface area is 145 Å². The number of nitrogens with one attached hydrogen (secondary N) is 1. The van der Waals surface area contributed by atoms with Crippen LogP contribution in [0.3, 0.4) is 0 Å².